The summed E-state index contributed by atoms with van der Waals surface area (Å²) >= 11 is 0. The van der Waals surface area contributed by atoms with Crippen LogP contribution in [0.15, 0.2) is 24.3 Å². The van der Waals surface area contributed by atoms with Gasteiger partial charge in [-0.2, -0.15) is 0 Å². The van der Waals surface area contributed by atoms with Crippen molar-refractivity contribution in [1.82, 2.24) is 0 Å². The van der Waals surface area contributed by atoms with Gasteiger partial charge >= 0.3 is 16.5 Å². The van der Waals surface area contributed by atoms with Gasteiger partial charge in [0.1, 0.15) is 0 Å². The number of aryl methyl sites for hydroxylation is 1. The van der Waals surface area contributed by atoms with Crippen LogP contribution < -0.4 is 20.0 Å². The van der Waals surface area contributed by atoms with Gasteiger partial charge in [-0.3, -0.25) is 0 Å². The van der Waals surface area contributed by atoms with E-state index in [0.717, 1.165) is 5.56 Å². The minimum absolute atomic E-state index is 0. The molecule has 0 N–H and O–H groups in total. The Kier molecular flexibility index (Phi) is 4.32. The van der Waals surface area contributed by atoms with E-state index in [1.807, 2.05) is 6.92 Å². The van der Waals surface area contributed by atoms with E-state index in [9.17, 15) is 14.7 Å². The molecule has 1 aromatic rings. The Labute approximate surface area is 81.6 Å². The van der Waals surface area contributed by atoms with Crippen LogP contribution in [0.25, 0.3) is 0 Å². The number of rotatable bonds is 1. The molecule has 1 rings (SSSR count). The third-order valence-corrected chi connectivity index (χ3v) is 2.28. The maximum atomic E-state index is 10.4. The zero-order valence-electron chi connectivity index (χ0n) is 6.30. The second-order valence-corrected chi connectivity index (χ2v) is 3.84. The Morgan fingerprint density at radius 3 is 1.75 bits per heavy atom. The first-order valence-electron chi connectivity index (χ1n) is 3.09. The van der Waals surface area contributed by atoms with Gasteiger partial charge in [0.2, 0.25) is 0 Å². The minimum atomic E-state index is -4.54. The Balaban J connectivity index is 0.00000121. The molecule has 0 spiro atoms. The van der Waals surface area contributed by atoms with Crippen molar-refractivity contribution in [2.45, 2.75) is 6.92 Å². The molecule has 0 aliphatic rings. The zero-order valence-corrected chi connectivity index (χ0v) is 8.18. The molecule has 67 valence electrons. The van der Waals surface area contributed by atoms with Crippen molar-refractivity contribution >= 4 is 13.2 Å². The minimum Gasteiger partial charge on any atom is -0.684 e. The summed E-state index contributed by atoms with van der Waals surface area (Å²) in [5.41, 5.74) is 0.933. The second kappa shape index (κ2) is 4.31. The van der Waals surface area contributed by atoms with Gasteiger partial charge in [-0.1, -0.05) is 17.7 Å². The van der Waals surface area contributed by atoms with Gasteiger partial charge in [0.15, 0.2) is 0 Å². The molecule has 0 saturated heterocycles. The normalized spacial score (nSPS) is 10.7. The van der Waals surface area contributed by atoms with E-state index >= 15 is 0 Å². The van der Waals surface area contributed by atoms with E-state index in [4.69, 9.17) is 0 Å². The predicted octanol–water partition coefficient (Wildman–Crippen LogP) is -1.54. The molecule has 3 nitrogen and oxygen atoms in total. The van der Waals surface area contributed by atoms with Crippen LogP contribution in [-0.2, 0) is 16.5 Å². The van der Waals surface area contributed by atoms with Crippen LogP contribution in [0.2, 0.25) is 0 Å². The van der Waals surface area contributed by atoms with Crippen LogP contribution in [0.3, 0.4) is 0 Å². The fraction of sp³-hybridized carbons (Fsp3) is 0.143. The Bertz CT molecular complexity index is 242. The van der Waals surface area contributed by atoms with Crippen molar-refractivity contribution in [3.05, 3.63) is 29.8 Å². The molecular weight excluding hydrogens is 222 g/mol. The summed E-state index contributed by atoms with van der Waals surface area (Å²) in [6.07, 6.45) is 0. The van der Waals surface area contributed by atoms with Gasteiger partial charge in [-0.15, -0.1) is 7.94 Å². The van der Waals surface area contributed by atoms with Crippen LogP contribution in [0.4, 0.5) is 0 Å². The molecule has 0 atom stereocenters. The Hall–Kier alpha value is 0.0235. The maximum Gasteiger partial charge on any atom is 3.00 e. The first kappa shape index (κ1) is 12.0. The predicted molar refractivity (Wildman–Crippen MR) is 37.7 cm³/mol. The molecule has 0 aromatic heterocycles. The van der Waals surface area contributed by atoms with Crippen molar-refractivity contribution in [2.24, 2.45) is 0 Å². The molecule has 1 radical (unpaired) electrons. The molecule has 0 amide bonds. The molecule has 0 fully saturated rings. The monoisotopic (exact) mass is 228 g/mol. The van der Waals surface area contributed by atoms with Crippen molar-refractivity contribution < 1.29 is 31.2 Å². The Morgan fingerprint density at radius 2 is 1.42 bits per heavy atom. The fourth-order valence-corrected chi connectivity index (χ4v) is 1.24. The van der Waals surface area contributed by atoms with Gasteiger partial charge in [0.25, 0.3) is 0 Å². The summed E-state index contributed by atoms with van der Waals surface area (Å²) in [5, 5.41) is -0.150. The maximum absolute atomic E-state index is 10.4. The van der Waals surface area contributed by atoms with Crippen LogP contribution in [0.5, 0.6) is 0 Å². The molecule has 0 bridgehead atoms. The fourth-order valence-electron chi connectivity index (χ4n) is 0.727. The summed E-state index contributed by atoms with van der Waals surface area (Å²) in [6.45, 7) is 1.82. The number of hydrogen-bond acceptors (Lipinski definition) is 3. The molecule has 0 saturated carbocycles. The van der Waals surface area contributed by atoms with E-state index in [1.54, 1.807) is 12.1 Å². The van der Waals surface area contributed by atoms with E-state index < -0.39 is 7.94 Å². The van der Waals surface area contributed by atoms with E-state index in [0.29, 0.717) is 0 Å². The van der Waals surface area contributed by atoms with Crippen LogP contribution in [0, 0.1) is 6.92 Å². The summed E-state index contributed by atoms with van der Waals surface area (Å²) in [6, 6.07) is 5.82. The summed E-state index contributed by atoms with van der Waals surface area (Å²) in [7, 11) is -4.54. The van der Waals surface area contributed by atoms with Gasteiger partial charge < -0.3 is 14.7 Å². The molecule has 0 aliphatic carbocycles. The van der Waals surface area contributed by atoms with Crippen LogP contribution in [-0.4, -0.2) is 0 Å². The van der Waals surface area contributed by atoms with Gasteiger partial charge in [-0.25, -0.2) is 0 Å². The summed E-state index contributed by atoms with van der Waals surface area (Å²) in [5.74, 6) is 0. The number of benzene rings is 1. The quantitative estimate of drug-likeness (QED) is 0.432. The van der Waals surface area contributed by atoms with Crippen molar-refractivity contribution in [3.8, 4) is 0 Å². The van der Waals surface area contributed by atoms with Gasteiger partial charge in [0, 0.05) is 0 Å². The molecular formula is C7H7NiO3P+. The topological polar surface area (TPSA) is 69.2 Å². The molecule has 1 aromatic carbocycles. The van der Waals surface area contributed by atoms with Crippen LogP contribution >= 0.6 is 7.94 Å². The van der Waals surface area contributed by atoms with Crippen molar-refractivity contribution in [1.29, 1.82) is 0 Å². The van der Waals surface area contributed by atoms with E-state index in [-0.39, 0.29) is 21.8 Å². The summed E-state index contributed by atoms with van der Waals surface area (Å²) in [4.78, 5) is 31.2. The standard InChI is InChI=1S/C7H9O3P.Ni/c1-6-2-4-7(5-3-6)11(8,9)10;/h2-5H,1H3,(H2,8,9,10);/q;+3/p-2. The van der Waals surface area contributed by atoms with Crippen LogP contribution in [0.1, 0.15) is 5.56 Å². The van der Waals surface area contributed by atoms with E-state index in [2.05, 4.69) is 0 Å². The Morgan fingerprint density at radius 1 is 1.00 bits per heavy atom. The summed E-state index contributed by atoms with van der Waals surface area (Å²) < 4.78 is 0. The molecule has 12 heavy (non-hydrogen) atoms. The second-order valence-electron chi connectivity index (χ2n) is 2.33. The smallest absolute Gasteiger partial charge is 0.684 e. The average Bonchev–Trinajstić information content (AvgIpc) is 1.86. The van der Waals surface area contributed by atoms with Gasteiger partial charge in [-0.05, 0) is 19.1 Å². The third kappa shape index (κ3) is 3.18. The third-order valence-electron chi connectivity index (χ3n) is 1.35. The molecule has 0 unspecified atom stereocenters. The average molecular weight is 229 g/mol. The van der Waals surface area contributed by atoms with Gasteiger partial charge in [0.05, 0.1) is 5.30 Å². The molecule has 5 heteroatoms. The first-order chi connectivity index (χ1) is 5.00. The molecule has 0 aliphatic heterocycles. The van der Waals surface area contributed by atoms with Crippen molar-refractivity contribution in [3.63, 3.8) is 0 Å². The SMILES string of the molecule is Cc1ccc([P+]([O-])([O-])[O-])cc1.[Ni+3]. The first-order valence-corrected chi connectivity index (χ1v) is 4.64. The number of hydrogen-bond donors (Lipinski definition) is 0. The largest absolute Gasteiger partial charge is 3.00 e. The zero-order chi connectivity index (χ0) is 8.48. The molecule has 0 heterocycles. The van der Waals surface area contributed by atoms with E-state index in [1.165, 1.54) is 12.1 Å². The van der Waals surface area contributed by atoms with Crippen molar-refractivity contribution in [2.75, 3.05) is 0 Å².